The highest BCUT2D eigenvalue weighted by molar-refractivity contribution is 5.92. The van der Waals surface area contributed by atoms with Crippen molar-refractivity contribution in [3.63, 3.8) is 0 Å². The fourth-order valence-electron chi connectivity index (χ4n) is 1.82. The Labute approximate surface area is 121 Å². The third kappa shape index (κ3) is 3.84. The Kier molecular flexibility index (Phi) is 4.59. The molecular formula is C15H16N4O2. The Hall–Kier alpha value is -2.78. The monoisotopic (exact) mass is 284 g/mol. The Bertz CT molecular complexity index is 731. The molecule has 0 saturated heterocycles. The number of aromatic nitrogens is 2. The van der Waals surface area contributed by atoms with E-state index in [1.165, 1.54) is 6.20 Å². The van der Waals surface area contributed by atoms with Crippen molar-refractivity contribution in [3.05, 3.63) is 57.8 Å². The number of aromatic amines is 2. The number of nitrogens with one attached hydrogen (secondary N) is 3. The van der Waals surface area contributed by atoms with E-state index in [1.54, 1.807) is 0 Å². The van der Waals surface area contributed by atoms with Crippen LogP contribution in [-0.2, 0) is 0 Å². The molecule has 1 heterocycles. The van der Waals surface area contributed by atoms with Crippen molar-refractivity contribution in [2.45, 2.75) is 13.0 Å². The zero-order chi connectivity index (χ0) is 15.2. The number of rotatable bonds is 3. The molecule has 0 fully saturated rings. The molecule has 6 nitrogen and oxygen atoms in total. The average Bonchev–Trinajstić information content (AvgIpc) is 2.92. The van der Waals surface area contributed by atoms with E-state index in [2.05, 4.69) is 27.1 Å². The van der Waals surface area contributed by atoms with Crippen LogP contribution in [0.3, 0.4) is 0 Å². The van der Waals surface area contributed by atoms with Gasteiger partial charge in [0, 0.05) is 11.8 Å². The van der Waals surface area contributed by atoms with Crippen molar-refractivity contribution in [1.29, 1.82) is 0 Å². The van der Waals surface area contributed by atoms with Gasteiger partial charge in [0.15, 0.2) is 0 Å². The lowest BCUT2D eigenvalue weighted by Gasteiger charge is -2.13. The van der Waals surface area contributed by atoms with Gasteiger partial charge in [-0.15, -0.1) is 0 Å². The van der Waals surface area contributed by atoms with Gasteiger partial charge in [0.2, 0.25) is 0 Å². The van der Waals surface area contributed by atoms with Gasteiger partial charge in [-0.3, -0.25) is 4.79 Å². The number of amides is 1. The van der Waals surface area contributed by atoms with Gasteiger partial charge < -0.3 is 21.0 Å². The van der Waals surface area contributed by atoms with Crippen LogP contribution >= 0.6 is 0 Å². The molecule has 2 aromatic rings. The lowest BCUT2D eigenvalue weighted by Crippen LogP contribution is -2.27. The molecular weight excluding hydrogens is 268 g/mol. The zero-order valence-electron chi connectivity index (χ0n) is 11.6. The molecule has 0 aliphatic heterocycles. The van der Waals surface area contributed by atoms with Crippen LogP contribution in [0.25, 0.3) is 0 Å². The zero-order valence-corrected chi connectivity index (χ0v) is 11.6. The third-order valence-electron chi connectivity index (χ3n) is 2.93. The topological polar surface area (TPSA) is 104 Å². The Morgan fingerprint density at radius 2 is 2.10 bits per heavy atom. The quantitative estimate of drug-likeness (QED) is 0.617. The summed E-state index contributed by atoms with van der Waals surface area (Å²) in [5.74, 6) is 5.37. The Morgan fingerprint density at radius 1 is 1.38 bits per heavy atom. The first-order valence-electron chi connectivity index (χ1n) is 6.47. The van der Waals surface area contributed by atoms with Gasteiger partial charge in [-0.2, -0.15) is 0 Å². The van der Waals surface area contributed by atoms with Gasteiger partial charge in [0.05, 0.1) is 12.6 Å². The number of carbonyl (C=O) groups is 1. The SMILES string of the molecule is CC(NC(=O)c1c[nH]c(=O)[nH]1)c1ccc(C#CCN)cc1. The van der Waals surface area contributed by atoms with Crippen molar-refractivity contribution in [3.8, 4) is 11.8 Å². The molecule has 0 aliphatic carbocycles. The first kappa shape index (κ1) is 14.6. The summed E-state index contributed by atoms with van der Waals surface area (Å²) in [5.41, 5.74) is 6.93. The minimum absolute atomic E-state index is 0.188. The van der Waals surface area contributed by atoms with Gasteiger partial charge in [0.1, 0.15) is 5.69 Å². The smallest absolute Gasteiger partial charge is 0.323 e. The number of H-pyrrole nitrogens is 2. The summed E-state index contributed by atoms with van der Waals surface area (Å²) in [6.07, 6.45) is 1.34. The molecule has 108 valence electrons. The second kappa shape index (κ2) is 6.59. The highest BCUT2D eigenvalue weighted by atomic mass is 16.2. The minimum Gasteiger partial charge on any atom is -0.344 e. The fourth-order valence-corrected chi connectivity index (χ4v) is 1.82. The van der Waals surface area contributed by atoms with Crippen LogP contribution in [0.2, 0.25) is 0 Å². The van der Waals surface area contributed by atoms with Crippen LogP contribution in [-0.4, -0.2) is 22.4 Å². The number of hydrogen-bond acceptors (Lipinski definition) is 3. The standard InChI is InChI=1S/C15H16N4O2/c1-10(18-14(20)13-9-17-15(21)19-13)12-6-4-11(5-7-12)3-2-8-16/h4-7,9-10H,8,16H2,1H3,(H,18,20)(H2,17,19,21). The highest BCUT2D eigenvalue weighted by Gasteiger charge is 2.12. The normalized spacial score (nSPS) is 11.3. The number of nitrogens with two attached hydrogens (primary N) is 1. The highest BCUT2D eigenvalue weighted by Crippen LogP contribution is 2.13. The van der Waals surface area contributed by atoms with Gasteiger partial charge >= 0.3 is 5.69 Å². The van der Waals surface area contributed by atoms with E-state index in [4.69, 9.17) is 5.73 Å². The fraction of sp³-hybridized carbons (Fsp3) is 0.200. The second-order valence-electron chi connectivity index (χ2n) is 4.48. The Balaban J connectivity index is 2.04. The van der Waals surface area contributed by atoms with Crippen molar-refractivity contribution in [2.75, 3.05) is 6.54 Å². The van der Waals surface area contributed by atoms with Crippen LogP contribution in [0, 0.1) is 11.8 Å². The van der Waals surface area contributed by atoms with Gasteiger partial charge in [-0.05, 0) is 24.6 Å². The van der Waals surface area contributed by atoms with Gasteiger partial charge in [0.25, 0.3) is 5.91 Å². The minimum atomic E-state index is -0.407. The molecule has 1 amide bonds. The van der Waals surface area contributed by atoms with Crippen molar-refractivity contribution in [1.82, 2.24) is 15.3 Å². The maximum Gasteiger partial charge on any atom is 0.323 e. The second-order valence-corrected chi connectivity index (χ2v) is 4.48. The molecule has 0 bridgehead atoms. The van der Waals surface area contributed by atoms with Crippen molar-refractivity contribution < 1.29 is 4.79 Å². The van der Waals surface area contributed by atoms with E-state index >= 15 is 0 Å². The lowest BCUT2D eigenvalue weighted by atomic mass is 10.1. The molecule has 1 aromatic carbocycles. The molecule has 1 unspecified atom stereocenters. The lowest BCUT2D eigenvalue weighted by molar-refractivity contribution is 0.0935. The van der Waals surface area contributed by atoms with E-state index < -0.39 is 5.69 Å². The number of imidazole rings is 1. The maximum atomic E-state index is 11.9. The predicted molar refractivity (Wildman–Crippen MR) is 79.7 cm³/mol. The third-order valence-corrected chi connectivity index (χ3v) is 2.93. The molecule has 0 spiro atoms. The van der Waals surface area contributed by atoms with Crippen LogP contribution in [0.15, 0.2) is 35.3 Å². The van der Waals surface area contributed by atoms with E-state index in [0.717, 1.165) is 11.1 Å². The van der Waals surface area contributed by atoms with Crippen LogP contribution in [0.1, 0.15) is 34.6 Å². The van der Waals surface area contributed by atoms with Crippen molar-refractivity contribution in [2.24, 2.45) is 5.73 Å². The van der Waals surface area contributed by atoms with Crippen molar-refractivity contribution >= 4 is 5.91 Å². The summed E-state index contributed by atoms with van der Waals surface area (Å²) >= 11 is 0. The number of hydrogen-bond donors (Lipinski definition) is 4. The molecule has 6 heteroatoms. The molecule has 1 aromatic heterocycles. The largest absolute Gasteiger partial charge is 0.344 e. The van der Waals surface area contributed by atoms with Crippen LogP contribution in [0.4, 0.5) is 0 Å². The van der Waals surface area contributed by atoms with E-state index in [9.17, 15) is 9.59 Å². The molecule has 5 N–H and O–H groups in total. The summed E-state index contributed by atoms with van der Waals surface area (Å²) in [7, 11) is 0. The van der Waals surface area contributed by atoms with E-state index in [-0.39, 0.29) is 17.6 Å². The summed E-state index contributed by atoms with van der Waals surface area (Å²) in [4.78, 5) is 27.7. The Morgan fingerprint density at radius 3 is 2.67 bits per heavy atom. The number of carbonyl (C=O) groups excluding carboxylic acids is 1. The van der Waals surface area contributed by atoms with E-state index in [0.29, 0.717) is 6.54 Å². The molecule has 0 radical (unpaired) electrons. The molecule has 0 saturated carbocycles. The van der Waals surface area contributed by atoms with Gasteiger partial charge in [-0.1, -0.05) is 24.0 Å². The summed E-state index contributed by atoms with van der Waals surface area (Å²) in [6, 6.07) is 7.35. The molecule has 0 aliphatic rings. The first-order valence-corrected chi connectivity index (χ1v) is 6.47. The van der Waals surface area contributed by atoms with Crippen LogP contribution in [0.5, 0.6) is 0 Å². The van der Waals surface area contributed by atoms with E-state index in [1.807, 2.05) is 31.2 Å². The van der Waals surface area contributed by atoms with Crippen LogP contribution < -0.4 is 16.7 Å². The number of benzene rings is 1. The van der Waals surface area contributed by atoms with Gasteiger partial charge in [-0.25, -0.2) is 4.79 Å². The summed E-state index contributed by atoms with van der Waals surface area (Å²) in [6.45, 7) is 2.19. The maximum absolute atomic E-state index is 11.9. The first-order chi connectivity index (χ1) is 10.1. The molecule has 1 atom stereocenters. The predicted octanol–water partition coefficient (Wildman–Crippen LogP) is 0.504. The average molecular weight is 284 g/mol. The molecule has 2 rings (SSSR count). The summed E-state index contributed by atoms with van der Waals surface area (Å²) in [5, 5.41) is 2.80. The molecule has 21 heavy (non-hydrogen) atoms. The summed E-state index contributed by atoms with van der Waals surface area (Å²) < 4.78 is 0.